The molecule has 1 heterocycles. The first-order valence-electron chi connectivity index (χ1n) is 6.80. The summed E-state index contributed by atoms with van der Waals surface area (Å²) in [4.78, 5) is 6.93. The van der Waals surface area contributed by atoms with Gasteiger partial charge in [0, 0.05) is 13.1 Å². The number of rotatable bonds is 5. The minimum absolute atomic E-state index is 1.01. The molecule has 1 aromatic carbocycles. The SMILES string of the molecule is CCN(CC)CCn1cnc2cc(C)c(C)cc21. The Kier molecular flexibility index (Phi) is 4.02. The first-order valence-corrected chi connectivity index (χ1v) is 6.80. The van der Waals surface area contributed by atoms with Crippen LogP contribution in [-0.2, 0) is 6.54 Å². The fourth-order valence-corrected chi connectivity index (χ4v) is 2.28. The Bertz CT molecular complexity index is 524. The average molecular weight is 245 g/mol. The summed E-state index contributed by atoms with van der Waals surface area (Å²) in [5.41, 5.74) is 5.02. The largest absolute Gasteiger partial charge is 0.329 e. The topological polar surface area (TPSA) is 21.1 Å². The van der Waals surface area contributed by atoms with Gasteiger partial charge in [0.05, 0.1) is 17.4 Å². The van der Waals surface area contributed by atoms with E-state index >= 15 is 0 Å². The second-order valence-electron chi connectivity index (χ2n) is 4.89. The lowest BCUT2D eigenvalue weighted by Crippen LogP contribution is -2.26. The van der Waals surface area contributed by atoms with Crippen LogP contribution < -0.4 is 0 Å². The lowest BCUT2D eigenvalue weighted by molar-refractivity contribution is 0.292. The maximum Gasteiger partial charge on any atom is 0.0958 e. The lowest BCUT2D eigenvalue weighted by Gasteiger charge is -2.18. The van der Waals surface area contributed by atoms with Crippen LogP contribution in [0.3, 0.4) is 0 Å². The molecular weight excluding hydrogens is 222 g/mol. The molecule has 98 valence electrons. The second-order valence-corrected chi connectivity index (χ2v) is 4.89. The number of nitrogens with zero attached hydrogens (tertiary/aromatic N) is 3. The van der Waals surface area contributed by atoms with Gasteiger partial charge in [-0.2, -0.15) is 0 Å². The molecule has 0 saturated carbocycles. The predicted octanol–water partition coefficient (Wildman–Crippen LogP) is 2.99. The van der Waals surface area contributed by atoms with Gasteiger partial charge in [-0.3, -0.25) is 0 Å². The standard InChI is InChI=1S/C15H23N3/c1-5-17(6-2)7-8-18-11-16-14-9-12(3)13(4)10-15(14)18/h9-11H,5-8H2,1-4H3. The molecule has 0 atom stereocenters. The third-order valence-electron chi connectivity index (χ3n) is 3.79. The van der Waals surface area contributed by atoms with Crippen molar-refractivity contribution in [2.75, 3.05) is 19.6 Å². The van der Waals surface area contributed by atoms with Crippen LogP contribution in [-0.4, -0.2) is 34.1 Å². The van der Waals surface area contributed by atoms with Gasteiger partial charge in [0.25, 0.3) is 0 Å². The van der Waals surface area contributed by atoms with E-state index in [4.69, 9.17) is 0 Å². The summed E-state index contributed by atoms with van der Waals surface area (Å²) in [6.07, 6.45) is 1.97. The zero-order chi connectivity index (χ0) is 13.1. The molecule has 0 N–H and O–H groups in total. The van der Waals surface area contributed by atoms with E-state index in [1.54, 1.807) is 0 Å². The summed E-state index contributed by atoms with van der Waals surface area (Å²) in [5.74, 6) is 0. The maximum absolute atomic E-state index is 4.49. The lowest BCUT2D eigenvalue weighted by atomic mass is 10.1. The van der Waals surface area contributed by atoms with Crippen molar-refractivity contribution in [2.45, 2.75) is 34.2 Å². The summed E-state index contributed by atoms with van der Waals surface area (Å²) in [6.45, 7) is 13.1. The third kappa shape index (κ3) is 2.56. The van der Waals surface area contributed by atoms with E-state index in [0.29, 0.717) is 0 Å². The highest BCUT2D eigenvalue weighted by Crippen LogP contribution is 2.18. The third-order valence-corrected chi connectivity index (χ3v) is 3.79. The Labute approximate surface area is 109 Å². The van der Waals surface area contributed by atoms with Gasteiger partial charge in [-0.15, -0.1) is 0 Å². The van der Waals surface area contributed by atoms with Crippen LogP contribution in [0.15, 0.2) is 18.5 Å². The highest BCUT2D eigenvalue weighted by molar-refractivity contribution is 5.77. The second kappa shape index (κ2) is 5.53. The van der Waals surface area contributed by atoms with Crippen molar-refractivity contribution in [2.24, 2.45) is 0 Å². The first-order chi connectivity index (χ1) is 8.65. The number of hydrogen-bond donors (Lipinski definition) is 0. The molecule has 0 amide bonds. The van der Waals surface area contributed by atoms with E-state index in [9.17, 15) is 0 Å². The summed E-state index contributed by atoms with van der Waals surface area (Å²) < 4.78 is 2.26. The van der Waals surface area contributed by atoms with Crippen LogP contribution in [0.25, 0.3) is 11.0 Å². The zero-order valence-corrected chi connectivity index (χ0v) is 11.9. The highest BCUT2D eigenvalue weighted by Gasteiger charge is 2.06. The van der Waals surface area contributed by atoms with Gasteiger partial charge in [0.15, 0.2) is 0 Å². The van der Waals surface area contributed by atoms with Crippen molar-refractivity contribution < 1.29 is 0 Å². The van der Waals surface area contributed by atoms with Crippen LogP contribution >= 0.6 is 0 Å². The minimum Gasteiger partial charge on any atom is -0.329 e. The molecule has 0 aliphatic rings. The van der Waals surface area contributed by atoms with Crippen molar-refractivity contribution in [3.05, 3.63) is 29.6 Å². The summed E-state index contributed by atoms with van der Waals surface area (Å²) in [7, 11) is 0. The monoisotopic (exact) mass is 245 g/mol. The molecule has 2 rings (SSSR count). The van der Waals surface area contributed by atoms with Crippen LogP contribution in [0.1, 0.15) is 25.0 Å². The van der Waals surface area contributed by atoms with Gasteiger partial charge in [0.2, 0.25) is 0 Å². The molecule has 0 aliphatic heterocycles. The molecule has 1 aromatic heterocycles. The highest BCUT2D eigenvalue weighted by atomic mass is 15.1. The van der Waals surface area contributed by atoms with Crippen LogP contribution in [0.4, 0.5) is 0 Å². The Balaban J connectivity index is 2.21. The molecule has 0 unspecified atom stereocenters. The van der Waals surface area contributed by atoms with Crippen molar-refractivity contribution in [3.8, 4) is 0 Å². The van der Waals surface area contributed by atoms with Gasteiger partial charge in [-0.05, 0) is 50.2 Å². The van der Waals surface area contributed by atoms with Crippen LogP contribution in [0.5, 0.6) is 0 Å². The summed E-state index contributed by atoms with van der Waals surface area (Å²) in [6, 6.07) is 4.43. The van der Waals surface area contributed by atoms with Crippen molar-refractivity contribution in [1.29, 1.82) is 0 Å². The number of imidazole rings is 1. The Hall–Kier alpha value is -1.35. The molecule has 0 fully saturated rings. The number of hydrogen-bond acceptors (Lipinski definition) is 2. The van der Waals surface area contributed by atoms with Gasteiger partial charge in [-0.1, -0.05) is 13.8 Å². The molecule has 0 saturated heterocycles. The molecule has 0 spiro atoms. The summed E-state index contributed by atoms with van der Waals surface area (Å²) in [5, 5.41) is 0. The first kappa shape index (κ1) is 13.1. The average Bonchev–Trinajstić information content (AvgIpc) is 2.74. The minimum atomic E-state index is 1.01. The van der Waals surface area contributed by atoms with Crippen LogP contribution in [0, 0.1) is 13.8 Å². The molecule has 0 radical (unpaired) electrons. The van der Waals surface area contributed by atoms with E-state index in [-0.39, 0.29) is 0 Å². The van der Waals surface area contributed by atoms with Gasteiger partial charge < -0.3 is 9.47 Å². The fourth-order valence-electron chi connectivity index (χ4n) is 2.28. The van der Waals surface area contributed by atoms with Crippen LogP contribution in [0.2, 0.25) is 0 Å². The van der Waals surface area contributed by atoms with E-state index in [1.165, 1.54) is 16.6 Å². The van der Waals surface area contributed by atoms with E-state index in [1.807, 2.05) is 6.33 Å². The quantitative estimate of drug-likeness (QED) is 0.807. The number of aryl methyl sites for hydroxylation is 2. The van der Waals surface area contributed by atoms with Gasteiger partial charge in [0.1, 0.15) is 0 Å². The Morgan fingerprint density at radius 2 is 1.78 bits per heavy atom. The molecule has 3 heteroatoms. The molecule has 2 aromatic rings. The van der Waals surface area contributed by atoms with Crippen molar-refractivity contribution in [1.82, 2.24) is 14.5 Å². The van der Waals surface area contributed by atoms with Crippen molar-refractivity contribution in [3.63, 3.8) is 0 Å². The Morgan fingerprint density at radius 1 is 1.11 bits per heavy atom. The number of fused-ring (bicyclic) bond motifs is 1. The number of likely N-dealkylation sites (N-methyl/N-ethyl adjacent to an activating group) is 1. The maximum atomic E-state index is 4.49. The van der Waals surface area contributed by atoms with Gasteiger partial charge >= 0.3 is 0 Å². The van der Waals surface area contributed by atoms with Gasteiger partial charge in [-0.25, -0.2) is 4.98 Å². The summed E-state index contributed by atoms with van der Waals surface area (Å²) >= 11 is 0. The number of aromatic nitrogens is 2. The molecule has 18 heavy (non-hydrogen) atoms. The van der Waals surface area contributed by atoms with E-state index in [2.05, 4.69) is 54.3 Å². The molecule has 3 nitrogen and oxygen atoms in total. The normalized spacial score (nSPS) is 11.6. The number of benzene rings is 1. The van der Waals surface area contributed by atoms with Crippen molar-refractivity contribution >= 4 is 11.0 Å². The smallest absolute Gasteiger partial charge is 0.0958 e. The van der Waals surface area contributed by atoms with E-state index in [0.717, 1.165) is 31.7 Å². The molecule has 0 aliphatic carbocycles. The zero-order valence-electron chi connectivity index (χ0n) is 11.9. The fraction of sp³-hybridized carbons (Fsp3) is 0.533. The Morgan fingerprint density at radius 3 is 2.44 bits per heavy atom. The predicted molar refractivity (Wildman–Crippen MR) is 77.0 cm³/mol. The molecule has 0 bridgehead atoms. The molecular formula is C15H23N3. The van der Waals surface area contributed by atoms with E-state index < -0.39 is 0 Å².